The molecule has 0 amide bonds. The van der Waals surface area contributed by atoms with Gasteiger partial charge in [0.05, 0.1) is 32.2 Å². The van der Waals surface area contributed by atoms with Crippen LogP contribution in [0.1, 0.15) is 98.1 Å². The van der Waals surface area contributed by atoms with E-state index >= 15 is 0 Å². The van der Waals surface area contributed by atoms with Gasteiger partial charge in [-0.15, -0.1) is 0 Å². The summed E-state index contributed by atoms with van der Waals surface area (Å²) in [5, 5.41) is 45.7. The Morgan fingerprint density at radius 1 is 0.541 bits per heavy atom. The van der Waals surface area contributed by atoms with Crippen LogP contribution < -0.4 is 56.1 Å². The molecule has 11 rings (SSSR count). The number of anilines is 4. The molecule has 12 N–H and O–H groups in total. The maximum Gasteiger partial charge on any atom is 0.351 e. The molecule has 6 aromatic rings. The van der Waals surface area contributed by atoms with Gasteiger partial charge in [0, 0.05) is 60.9 Å². The van der Waals surface area contributed by atoms with Crippen molar-refractivity contribution in [3.63, 3.8) is 0 Å². The first-order chi connectivity index (χ1) is 51.3. The van der Waals surface area contributed by atoms with E-state index < -0.39 is 159 Å². The van der Waals surface area contributed by atoms with Gasteiger partial charge in [-0.25, -0.2) is 19.2 Å². The van der Waals surface area contributed by atoms with Crippen LogP contribution in [0.5, 0.6) is 0 Å². The maximum absolute atomic E-state index is 14.7. The predicted octanol–water partition coefficient (Wildman–Crippen LogP) is 4.77. The van der Waals surface area contributed by atoms with E-state index in [-0.39, 0.29) is 60.7 Å². The van der Waals surface area contributed by atoms with Gasteiger partial charge in [0.1, 0.15) is 47.7 Å². The van der Waals surface area contributed by atoms with Crippen molar-refractivity contribution in [3.8, 4) is 0 Å². The Balaban J connectivity index is 0.000000211. The summed E-state index contributed by atoms with van der Waals surface area (Å²) in [6.45, 7) is 9.76. The number of alkyl halides is 8. The molecule has 5 saturated heterocycles. The molecule has 5 aliphatic heterocycles. The van der Waals surface area contributed by atoms with Crippen molar-refractivity contribution in [2.75, 3.05) is 62.5 Å². The second kappa shape index (κ2) is 38.6. The molecule has 596 valence electrons. The average Bonchev–Trinajstić information content (AvgIpc) is 1.24. The van der Waals surface area contributed by atoms with E-state index in [0.717, 1.165) is 50.1 Å². The minimum Gasteiger partial charge on any atom is -0.453 e. The highest BCUT2D eigenvalue weighted by molar-refractivity contribution is 7.35. The van der Waals surface area contributed by atoms with Crippen LogP contribution in [0.2, 0.25) is 5.04 Å². The van der Waals surface area contributed by atoms with Crippen molar-refractivity contribution in [2.24, 2.45) is 10.2 Å². The van der Waals surface area contributed by atoms with Gasteiger partial charge in [0.2, 0.25) is 32.3 Å². The summed E-state index contributed by atoms with van der Waals surface area (Å²) in [5.41, 5.74) is 33.4. The van der Waals surface area contributed by atoms with Gasteiger partial charge in [-0.1, -0.05) is 106 Å². The van der Waals surface area contributed by atoms with Gasteiger partial charge < -0.3 is 76.5 Å². The van der Waals surface area contributed by atoms with Gasteiger partial charge >= 0.3 is 58.4 Å². The van der Waals surface area contributed by atoms with Crippen molar-refractivity contribution in [2.45, 2.75) is 176 Å². The van der Waals surface area contributed by atoms with E-state index in [1.54, 1.807) is 13.8 Å². The lowest BCUT2D eigenvalue weighted by atomic mass is 10.1. The van der Waals surface area contributed by atoms with Crippen LogP contribution in [0, 0.1) is 0 Å². The van der Waals surface area contributed by atoms with Crippen LogP contribution in [0.15, 0.2) is 139 Å². The zero-order chi connectivity index (χ0) is 81.0. The number of halogens is 9. The summed E-state index contributed by atoms with van der Waals surface area (Å²) >= 11 is 7.21. The highest BCUT2D eigenvalue weighted by Crippen LogP contribution is 2.47. The van der Waals surface area contributed by atoms with Gasteiger partial charge in [0.25, 0.3) is 0 Å². The third kappa shape index (κ3) is 21.4. The number of azide groups is 2. The lowest BCUT2D eigenvalue weighted by Gasteiger charge is -2.38. The molecule has 9 heterocycles. The first kappa shape index (κ1) is 88.2. The topological polar surface area (TPSA) is 521 Å². The number of nitrogen functional groups attached to an aromatic ring is 4. The normalized spacial score (nSPS) is 24.5. The number of benzene rings is 2. The van der Waals surface area contributed by atoms with Crippen LogP contribution in [0.4, 0.5) is 58.4 Å². The van der Waals surface area contributed by atoms with Crippen LogP contribution in [-0.4, -0.2) is 190 Å². The summed E-state index contributed by atoms with van der Waals surface area (Å²) in [4.78, 5) is 88.0. The number of aromatic nitrogens is 8. The van der Waals surface area contributed by atoms with Crippen molar-refractivity contribution in [3.05, 3.63) is 173 Å². The Morgan fingerprint density at radius 3 is 1.12 bits per heavy atom. The molecule has 5 aliphatic rings. The molecule has 12 atom stereocenters. The molecule has 45 heteroatoms. The second-order valence-corrected chi connectivity index (χ2v) is 30.9. The molecule has 5 fully saturated rings. The van der Waals surface area contributed by atoms with Crippen molar-refractivity contribution < 1.29 is 98.3 Å². The number of aliphatic hydroxyl groups is 4. The minimum absolute atomic E-state index is 0.0647. The Labute approximate surface area is 619 Å². The fourth-order valence-electron chi connectivity index (χ4n) is 11.2. The smallest absolute Gasteiger partial charge is 0.351 e. The largest absolute Gasteiger partial charge is 0.453 e. The highest BCUT2D eigenvalue weighted by Gasteiger charge is 2.64. The zero-order valence-electron chi connectivity index (χ0n) is 58.9. The van der Waals surface area contributed by atoms with Crippen LogP contribution in [0.25, 0.3) is 20.9 Å². The lowest BCUT2D eigenvalue weighted by molar-refractivity contribution is -0.176. The van der Waals surface area contributed by atoms with Crippen molar-refractivity contribution in [1.29, 1.82) is 0 Å². The SMILES string of the molecule is C1CCOC1.CC(C)(C)[Si](Cl)(c1ccccc1)c1ccccc1.CC[C@H]1O[C@@H](n2ccc(N)nc2=O)C(F)(F)C1O.CC[C@H]1O[C@@H](n2ccc(N)nc2=O)C(F)(F)C1OC(=O)CCN=[N+]=[N-].Nc1ccn([C@@H]2O[C@H](CO)C(O)C2(F)F)c(=O)n1.[N-]=[N+]=NCCC(=O)OC1[C@@H](CO)O[C@@H](n2ccc(N)nc2=O)C1(F)F. The van der Waals surface area contributed by atoms with E-state index in [1.807, 2.05) is 12.1 Å². The quantitative estimate of drug-likeness (QED) is 0.0109. The molecule has 35 nitrogen and oxygen atoms in total. The van der Waals surface area contributed by atoms with Crippen LogP contribution in [0.3, 0.4) is 0 Å². The number of carbonyl (C=O) groups excluding carboxylic acids is 2. The highest BCUT2D eigenvalue weighted by atomic mass is 35.6. The molecule has 0 bridgehead atoms. The third-order valence-corrected chi connectivity index (χ3v) is 24.1. The van der Waals surface area contributed by atoms with Crippen LogP contribution in [-0.2, 0) is 42.7 Å². The molecule has 109 heavy (non-hydrogen) atoms. The number of esters is 2. The van der Waals surface area contributed by atoms with Crippen molar-refractivity contribution >= 4 is 64.0 Å². The van der Waals surface area contributed by atoms with Gasteiger partial charge in [0.15, 0.2) is 18.3 Å². The van der Waals surface area contributed by atoms with Gasteiger partial charge in [-0.3, -0.25) is 27.9 Å². The summed E-state index contributed by atoms with van der Waals surface area (Å²) in [6, 6.07) is 25.7. The van der Waals surface area contributed by atoms with Gasteiger partial charge in [-0.05, 0) is 76.4 Å². The molecular formula is C64H81ClF8N18O17Si. The first-order valence-electron chi connectivity index (χ1n) is 33.2. The third-order valence-electron chi connectivity index (χ3n) is 16.7. The number of ether oxygens (including phenoxy) is 7. The zero-order valence-corrected chi connectivity index (χ0v) is 60.6. The number of hydrogen-bond acceptors (Lipinski definition) is 27. The number of carbonyl (C=O) groups is 2. The Hall–Kier alpha value is -9.69. The number of nitrogens with two attached hydrogens (primary N) is 4. The predicted molar refractivity (Wildman–Crippen MR) is 374 cm³/mol. The van der Waals surface area contributed by atoms with E-state index in [2.05, 4.69) is 114 Å². The number of aliphatic hydroxyl groups excluding tert-OH is 4. The summed E-state index contributed by atoms with van der Waals surface area (Å²) < 4.78 is 150. The Kier molecular flexibility index (Phi) is 31.2. The summed E-state index contributed by atoms with van der Waals surface area (Å²) in [5.74, 6) is -17.2. The molecule has 0 aliphatic carbocycles. The average molecular weight is 1590 g/mol. The maximum atomic E-state index is 14.7. The van der Waals surface area contributed by atoms with Crippen LogP contribution >= 0.6 is 11.1 Å². The summed E-state index contributed by atoms with van der Waals surface area (Å²) in [6.07, 6.45) is -15.1. The fraction of sp³-hybridized carbons (Fsp3) is 0.531. The molecule has 2 aromatic carbocycles. The summed E-state index contributed by atoms with van der Waals surface area (Å²) in [7, 11) is -2.23. The van der Waals surface area contributed by atoms with Crippen molar-refractivity contribution in [1.82, 2.24) is 38.2 Å². The Morgan fingerprint density at radius 2 is 0.844 bits per heavy atom. The molecule has 0 saturated carbocycles. The van der Waals surface area contributed by atoms with E-state index in [0.29, 0.717) is 18.3 Å². The second-order valence-electron chi connectivity index (χ2n) is 25.2. The lowest BCUT2D eigenvalue weighted by Crippen LogP contribution is -2.59. The minimum atomic E-state index is -3.83. The Bertz CT molecular complexity index is 4090. The molecular weight excluding hydrogens is 1510 g/mol. The van der Waals surface area contributed by atoms with Gasteiger partial charge in [-0.2, -0.15) is 66.1 Å². The molecule has 4 aromatic heterocycles. The standard InChI is InChI=1S/C16H19ClSi.C13H16F2N6O4.C12H14F2N6O5.C10H13F2N3O3.C9H11F2N3O4.C4H8O/c1-16(2,3)18(17,14-10-6-4-7-11-14)15-12-8-5-9-13-15;1-2-7-10(25-9(22)3-5-18-20-17)13(14,15)11(24-7)21-6-4-8(16)19-12(21)23;13-12(14)9(25-8(22)1-3-17-19-16)6(5-21)24-10(12)20-4-2-7(15)18-11(20)23;1-2-5-7(16)10(11,12)8(18-5)15-4-3-6(13)14-9(15)17;10-9(11)6(16)4(3-15)18-7(9)14-2-1-5(12)13-8(14)17;1-2-4-5-3-1/h4-13H,1-3H3;4,6-7,10-11H,2-3,5H2,1H3,(H2,16,19,23);2,4,6,9-10,21H,1,3,5H2,(H2,15,18,23);3-5,7-8,16H,2H2,1H3,(H2,13,14,17);1-2,4,6-7,15-16H,3H2,(H2,12,13,17);1-4H2/t;7-,10?,11-;6-,9?,10-;5-,7?,8-;4-,6?,7-;/m.1111./s1. The number of hydrogen-bond donors (Lipinski definition) is 8. The number of nitrogens with zero attached hydrogens (tertiary/aromatic N) is 14. The van der Waals surface area contributed by atoms with E-state index in [4.69, 9.17) is 78.6 Å². The fourth-order valence-corrected chi connectivity index (χ4v) is 15.3. The monoisotopic (exact) mass is 1590 g/mol. The number of rotatable bonds is 18. The molecule has 0 radical (unpaired) electrons. The first-order valence-corrected chi connectivity index (χ1v) is 36.2. The molecule has 4 unspecified atom stereocenters. The van der Waals surface area contributed by atoms with E-state index in [1.165, 1.54) is 35.3 Å². The molecule has 0 spiro atoms. The van der Waals surface area contributed by atoms with E-state index in [9.17, 15) is 79.2 Å².